The van der Waals surface area contributed by atoms with E-state index >= 15 is 0 Å². The molecule has 0 unspecified atom stereocenters. The lowest BCUT2D eigenvalue weighted by Gasteiger charge is -2.14. The van der Waals surface area contributed by atoms with Crippen LogP contribution in [0.25, 0.3) is 0 Å². The van der Waals surface area contributed by atoms with Crippen LogP contribution < -0.4 is 15.4 Å². The van der Waals surface area contributed by atoms with Gasteiger partial charge < -0.3 is 20.3 Å². The van der Waals surface area contributed by atoms with E-state index in [1.165, 1.54) is 11.1 Å². The number of aliphatic imine (C=N–C) groups is 1. The third kappa shape index (κ3) is 9.63. The van der Waals surface area contributed by atoms with E-state index in [1.807, 2.05) is 32.3 Å². The van der Waals surface area contributed by atoms with Gasteiger partial charge in [-0.3, -0.25) is 4.99 Å². The fourth-order valence-corrected chi connectivity index (χ4v) is 2.47. The largest absolute Gasteiger partial charge is 0.492 e. The lowest BCUT2D eigenvalue weighted by molar-refractivity contribution is 0.261. The van der Waals surface area contributed by atoms with Crippen LogP contribution in [-0.4, -0.2) is 51.7 Å². The van der Waals surface area contributed by atoms with Crippen LogP contribution in [0, 0.1) is 0 Å². The SMILES string of the molecule is CN=C(NCCc1ccccc1)NCc1cccc(OCCN(C)C)c1.I. The van der Waals surface area contributed by atoms with Gasteiger partial charge in [-0.2, -0.15) is 0 Å². The third-order valence-corrected chi connectivity index (χ3v) is 3.94. The van der Waals surface area contributed by atoms with Crippen molar-refractivity contribution >= 4 is 29.9 Å². The van der Waals surface area contributed by atoms with Gasteiger partial charge >= 0.3 is 0 Å². The van der Waals surface area contributed by atoms with Crippen LogP contribution in [0.15, 0.2) is 59.6 Å². The monoisotopic (exact) mass is 482 g/mol. The Morgan fingerprint density at radius 2 is 1.74 bits per heavy atom. The maximum Gasteiger partial charge on any atom is 0.191 e. The number of hydrogen-bond donors (Lipinski definition) is 2. The summed E-state index contributed by atoms with van der Waals surface area (Å²) in [4.78, 5) is 6.39. The van der Waals surface area contributed by atoms with Gasteiger partial charge in [0.2, 0.25) is 0 Å². The van der Waals surface area contributed by atoms with Crippen molar-refractivity contribution < 1.29 is 4.74 Å². The molecule has 0 aliphatic carbocycles. The van der Waals surface area contributed by atoms with Gasteiger partial charge in [0.1, 0.15) is 12.4 Å². The summed E-state index contributed by atoms with van der Waals surface area (Å²) < 4.78 is 5.79. The minimum atomic E-state index is 0. The van der Waals surface area contributed by atoms with E-state index in [2.05, 4.69) is 56.9 Å². The average Bonchev–Trinajstić information content (AvgIpc) is 2.65. The van der Waals surface area contributed by atoms with Crippen LogP contribution in [0.3, 0.4) is 0 Å². The number of nitrogens with one attached hydrogen (secondary N) is 2. The molecule has 0 heterocycles. The molecule has 0 saturated carbocycles. The number of likely N-dealkylation sites (N-methyl/N-ethyl adjacent to an activating group) is 1. The van der Waals surface area contributed by atoms with Crippen molar-refractivity contribution in [2.75, 3.05) is 40.8 Å². The van der Waals surface area contributed by atoms with Gasteiger partial charge in [-0.1, -0.05) is 42.5 Å². The summed E-state index contributed by atoms with van der Waals surface area (Å²) >= 11 is 0. The molecule has 0 aromatic heterocycles. The van der Waals surface area contributed by atoms with Crippen LogP contribution in [0.1, 0.15) is 11.1 Å². The number of guanidine groups is 1. The molecule has 2 aromatic rings. The van der Waals surface area contributed by atoms with E-state index in [0.29, 0.717) is 13.2 Å². The second-order valence-electron chi connectivity index (χ2n) is 6.39. The molecule has 0 aliphatic rings. The van der Waals surface area contributed by atoms with Crippen molar-refractivity contribution in [1.29, 1.82) is 0 Å². The second kappa shape index (κ2) is 13.4. The maximum atomic E-state index is 5.79. The molecular weight excluding hydrogens is 451 g/mol. The summed E-state index contributed by atoms with van der Waals surface area (Å²) in [6.07, 6.45) is 0.969. The first kappa shape index (κ1) is 23.2. The normalized spacial score (nSPS) is 11.0. The van der Waals surface area contributed by atoms with E-state index in [4.69, 9.17) is 4.74 Å². The topological polar surface area (TPSA) is 48.9 Å². The minimum Gasteiger partial charge on any atom is -0.492 e. The number of benzene rings is 2. The molecule has 2 N–H and O–H groups in total. The van der Waals surface area contributed by atoms with Gasteiger partial charge in [0, 0.05) is 26.7 Å². The molecule has 0 amide bonds. The molecule has 27 heavy (non-hydrogen) atoms. The average molecular weight is 482 g/mol. The highest BCUT2D eigenvalue weighted by Crippen LogP contribution is 2.13. The molecule has 0 aliphatic heterocycles. The molecule has 0 atom stereocenters. The Hall–Kier alpha value is -1.80. The summed E-state index contributed by atoms with van der Waals surface area (Å²) in [6.45, 7) is 3.14. The Morgan fingerprint density at radius 3 is 2.44 bits per heavy atom. The van der Waals surface area contributed by atoms with Gasteiger partial charge in [-0.15, -0.1) is 24.0 Å². The third-order valence-electron chi connectivity index (χ3n) is 3.94. The molecule has 0 spiro atoms. The number of hydrogen-bond acceptors (Lipinski definition) is 3. The van der Waals surface area contributed by atoms with Crippen LogP contribution in [0.2, 0.25) is 0 Å². The molecule has 148 valence electrons. The lowest BCUT2D eigenvalue weighted by Crippen LogP contribution is -2.37. The van der Waals surface area contributed by atoms with E-state index < -0.39 is 0 Å². The number of ether oxygens (including phenoxy) is 1. The number of nitrogens with zero attached hydrogens (tertiary/aromatic N) is 2. The Labute approximate surface area is 180 Å². The van der Waals surface area contributed by atoms with Crippen LogP contribution in [0.4, 0.5) is 0 Å². The van der Waals surface area contributed by atoms with Gasteiger partial charge in [0.15, 0.2) is 5.96 Å². The summed E-state index contributed by atoms with van der Waals surface area (Å²) in [5.41, 5.74) is 2.48. The van der Waals surface area contributed by atoms with Crippen molar-refractivity contribution in [3.05, 3.63) is 65.7 Å². The first-order valence-electron chi connectivity index (χ1n) is 9.02. The highest BCUT2D eigenvalue weighted by molar-refractivity contribution is 14.0. The Kier molecular flexibility index (Phi) is 11.5. The van der Waals surface area contributed by atoms with Crippen molar-refractivity contribution in [2.24, 2.45) is 4.99 Å². The van der Waals surface area contributed by atoms with E-state index in [-0.39, 0.29) is 24.0 Å². The molecule has 0 fully saturated rings. The Morgan fingerprint density at radius 1 is 1.00 bits per heavy atom. The van der Waals surface area contributed by atoms with Crippen LogP contribution in [-0.2, 0) is 13.0 Å². The fraction of sp³-hybridized carbons (Fsp3) is 0.381. The van der Waals surface area contributed by atoms with E-state index in [1.54, 1.807) is 7.05 Å². The van der Waals surface area contributed by atoms with Crippen LogP contribution >= 0.6 is 24.0 Å². The molecule has 2 aromatic carbocycles. The van der Waals surface area contributed by atoms with Crippen molar-refractivity contribution in [1.82, 2.24) is 15.5 Å². The van der Waals surface area contributed by atoms with Crippen molar-refractivity contribution in [3.63, 3.8) is 0 Å². The van der Waals surface area contributed by atoms with Crippen LogP contribution in [0.5, 0.6) is 5.75 Å². The number of halogens is 1. The predicted molar refractivity (Wildman–Crippen MR) is 124 cm³/mol. The van der Waals surface area contributed by atoms with Gasteiger partial charge in [0.25, 0.3) is 0 Å². The predicted octanol–water partition coefficient (Wildman–Crippen LogP) is 3.15. The minimum absolute atomic E-state index is 0. The zero-order valence-electron chi connectivity index (χ0n) is 16.4. The molecule has 0 bridgehead atoms. The Balaban J connectivity index is 0.00000364. The summed E-state index contributed by atoms with van der Waals surface area (Å²) in [5.74, 6) is 1.71. The molecule has 0 saturated heterocycles. The van der Waals surface area contributed by atoms with Gasteiger partial charge in [-0.25, -0.2) is 0 Å². The second-order valence-corrected chi connectivity index (χ2v) is 6.39. The van der Waals surface area contributed by atoms with Gasteiger partial charge in [0.05, 0.1) is 0 Å². The smallest absolute Gasteiger partial charge is 0.191 e. The quantitative estimate of drug-likeness (QED) is 0.328. The zero-order chi connectivity index (χ0) is 18.6. The molecule has 5 nitrogen and oxygen atoms in total. The first-order chi connectivity index (χ1) is 12.7. The van der Waals surface area contributed by atoms with Gasteiger partial charge in [-0.05, 0) is 43.8 Å². The summed E-state index contributed by atoms with van der Waals surface area (Å²) in [5, 5.41) is 6.70. The molecular formula is C21H31IN4O. The highest BCUT2D eigenvalue weighted by Gasteiger charge is 2.01. The standard InChI is InChI=1S/C21H30N4O.HI/c1-22-21(23-13-12-18-8-5-4-6-9-18)24-17-19-10-7-11-20(16-19)26-15-14-25(2)3;/h4-11,16H,12-15,17H2,1-3H3,(H2,22,23,24);1H. The Bertz CT molecular complexity index is 677. The lowest BCUT2D eigenvalue weighted by atomic mass is 10.1. The first-order valence-corrected chi connectivity index (χ1v) is 9.02. The van der Waals surface area contributed by atoms with Crippen molar-refractivity contribution in [3.8, 4) is 5.75 Å². The zero-order valence-corrected chi connectivity index (χ0v) is 18.8. The number of rotatable bonds is 9. The maximum absolute atomic E-state index is 5.79. The highest BCUT2D eigenvalue weighted by atomic mass is 127. The summed E-state index contributed by atoms with van der Waals surface area (Å²) in [7, 11) is 5.87. The molecule has 6 heteroatoms. The molecule has 2 rings (SSSR count). The summed E-state index contributed by atoms with van der Waals surface area (Å²) in [6, 6.07) is 18.6. The van der Waals surface area contributed by atoms with E-state index in [0.717, 1.165) is 31.2 Å². The molecule has 0 radical (unpaired) electrons. The van der Waals surface area contributed by atoms with Crippen molar-refractivity contribution in [2.45, 2.75) is 13.0 Å². The van der Waals surface area contributed by atoms with E-state index in [9.17, 15) is 0 Å². The fourth-order valence-electron chi connectivity index (χ4n) is 2.47.